The number of hydrogen-bond donors (Lipinski definition) is 0. The summed E-state index contributed by atoms with van der Waals surface area (Å²) < 4.78 is 0. The maximum absolute atomic E-state index is 12.4. The van der Waals surface area contributed by atoms with Crippen LogP contribution in [-0.2, 0) is 4.79 Å². The Morgan fingerprint density at radius 3 is 2.41 bits per heavy atom. The number of hydrogen-bond acceptors (Lipinski definition) is 3. The van der Waals surface area contributed by atoms with Crippen LogP contribution >= 0.6 is 0 Å². The van der Waals surface area contributed by atoms with Crippen LogP contribution in [0.4, 0.5) is 0 Å². The van der Waals surface area contributed by atoms with Crippen molar-refractivity contribution < 1.29 is 4.79 Å². The number of carbonyl (C=O) groups excluding carboxylic acids is 1. The summed E-state index contributed by atoms with van der Waals surface area (Å²) in [7, 11) is 1.90. The standard InChI is InChI=1S/C18H29N3O/c1-16(17-8-11-19-12-9-17)20(2)18(22)10-15-21-13-6-4-3-5-7-14-21/h8-9,11-12,16H,3-7,10,13-15H2,1-2H3/t16-/m0/s1. The van der Waals surface area contributed by atoms with E-state index in [4.69, 9.17) is 0 Å². The van der Waals surface area contributed by atoms with Gasteiger partial charge in [-0.2, -0.15) is 0 Å². The van der Waals surface area contributed by atoms with Crippen LogP contribution in [0.3, 0.4) is 0 Å². The summed E-state index contributed by atoms with van der Waals surface area (Å²) in [6.45, 7) is 5.27. The Kier molecular flexibility index (Phi) is 6.84. The molecule has 1 aromatic heterocycles. The molecule has 1 amide bonds. The molecule has 1 fully saturated rings. The fourth-order valence-electron chi connectivity index (χ4n) is 3.05. The quantitative estimate of drug-likeness (QED) is 0.838. The fourth-order valence-corrected chi connectivity index (χ4v) is 3.05. The molecule has 1 atom stereocenters. The van der Waals surface area contributed by atoms with E-state index in [9.17, 15) is 4.79 Å². The molecule has 4 nitrogen and oxygen atoms in total. The van der Waals surface area contributed by atoms with E-state index in [0.29, 0.717) is 6.42 Å². The molecule has 2 heterocycles. The molecular formula is C18H29N3O. The van der Waals surface area contributed by atoms with E-state index in [1.807, 2.05) is 24.1 Å². The van der Waals surface area contributed by atoms with Crippen molar-refractivity contribution in [1.82, 2.24) is 14.8 Å². The summed E-state index contributed by atoms with van der Waals surface area (Å²) >= 11 is 0. The maximum atomic E-state index is 12.4. The molecule has 1 aromatic rings. The van der Waals surface area contributed by atoms with Gasteiger partial charge in [0, 0.05) is 32.4 Å². The number of pyridine rings is 1. The lowest BCUT2D eigenvalue weighted by Crippen LogP contribution is -2.35. The van der Waals surface area contributed by atoms with Gasteiger partial charge in [-0.05, 0) is 50.6 Å². The zero-order chi connectivity index (χ0) is 15.8. The number of rotatable bonds is 5. The average Bonchev–Trinajstić information content (AvgIpc) is 2.53. The van der Waals surface area contributed by atoms with Crippen LogP contribution in [0.1, 0.15) is 57.1 Å². The van der Waals surface area contributed by atoms with Gasteiger partial charge in [0.05, 0.1) is 6.04 Å². The van der Waals surface area contributed by atoms with Crippen LogP contribution in [0.5, 0.6) is 0 Å². The average molecular weight is 303 g/mol. The molecule has 0 radical (unpaired) electrons. The van der Waals surface area contributed by atoms with Crippen LogP contribution in [0.2, 0.25) is 0 Å². The van der Waals surface area contributed by atoms with Gasteiger partial charge >= 0.3 is 0 Å². The van der Waals surface area contributed by atoms with E-state index in [2.05, 4.69) is 16.8 Å². The summed E-state index contributed by atoms with van der Waals surface area (Å²) in [6.07, 6.45) is 10.8. The fraction of sp³-hybridized carbons (Fsp3) is 0.667. The Morgan fingerprint density at radius 1 is 1.18 bits per heavy atom. The minimum atomic E-state index is 0.0998. The number of carbonyl (C=O) groups is 1. The molecule has 122 valence electrons. The van der Waals surface area contributed by atoms with Crippen molar-refractivity contribution in [3.05, 3.63) is 30.1 Å². The van der Waals surface area contributed by atoms with Crippen LogP contribution in [0.15, 0.2) is 24.5 Å². The summed E-state index contributed by atoms with van der Waals surface area (Å²) in [4.78, 5) is 20.8. The first-order chi connectivity index (χ1) is 10.7. The van der Waals surface area contributed by atoms with Gasteiger partial charge in [-0.15, -0.1) is 0 Å². The van der Waals surface area contributed by atoms with Gasteiger partial charge in [-0.3, -0.25) is 9.78 Å². The second-order valence-corrected chi connectivity index (χ2v) is 6.32. The Labute approximate surface area is 134 Å². The third-order valence-electron chi connectivity index (χ3n) is 4.75. The predicted octanol–water partition coefficient (Wildman–Crippen LogP) is 3.26. The van der Waals surface area contributed by atoms with Crippen LogP contribution in [-0.4, -0.2) is 47.4 Å². The monoisotopic (exact) mass is 303 g/mol. The molecule has 0 bridgehead atoms. The zero-order valence-corrected chi connectivity index (χ0v) is 14.0. The second-order valence-electron chi connectivity index (χ2n) is 6.32. The summed E-state index contributed by atoms with van der Waals surface area (Å²) in [5.41, 5.74) is 1.14. The maximum Gasteiger partial charge on any atom is 0.224 e. The summed E-state index contributed by atoms with van der Waals surface area (Å²) in [6, 6.07) is 4.06. The SMILES string of the molecule is C[C@@H](c1ccncc1)N(C)C(=O)CCN1CCCCCCC1. The largest absolute Gasteiger partial charge is 0.339 e. The van der Waals surface area contributed by atoms with Crippen molar-refractivity contribution >= 4 is 5.91 Å². The summed E-state index contributed by atoms with van der Waals surface area (Å²) in [5.74, 6) is 0.228. The highest BCUT2D eigenvalue weighted by molar-refractivity contribution is 5.76. The van der Waals surface area contributed by atoms with E-state index >= 15 is 0 Å². The topological polar surface area (TPSA) is 36.4 Å². The van der Waals surface area contributed by atoms with Gasteiger partial charge in [0.2, 0.25) is 5.91 Å². The summed E-state index contributed by atoms with van der Waals surface area (Å²) in [5, 5.41) is 0. The van der Waals surface area contributed by atoms with Gasteiger partial charge in [0.15, 0.2) is 0 Å². The molecule has 1 aliphatic rings. The van der Waals surface area contributed by atoms with E-state index in [1.54, 1.807) is 12.4 Å². The van der Waals surface area contributed by atoms with Crippen molar-refractivity contribution in [1.29, 1.82) is 0 Å². The first kappa shape index (κ1) is 16.9. The molecule has 0 unspecified atom stereocenters. The van der Waals surface area contributed by atoms with E-state index in [1.165, 1.54) is 32.1 Å². The number of nitrogens with zero attached hydrogens (tertiary/aromatic N) is 3. The van der Waals surface area contributed by atoms with Crippen molar-refractivity contribution in [3.8, 4) is 0 Å². The first-order valence-corrected chi connectivity index (χ1v) is 8.56. The lowest BCUT2D eigenvalue weighted by Gasteiger charge is -2.28. The highest BCUT2D eigenvalue weighted by Crippen LogP contribution is 2.18. The van der Waals surface area contributed by atoms with Gasteiger partial charge < -0.3 is 9.80 Å². The van der Waals surface area contributed by atoms with Gasteiger partial charge in [-0.1, -0.05) is 19.3 Å². The molecule has 0 saturated carbocycles. The molecule has 2 rings (SSSR count). The van der Waals surface area contributed by atoms with Crippen molar-refractivity contribution in [2.24, 2.45) is 0 Å². The molecule has 1 aliphatic heterocycles. The molecule has 4 heteroatoms. The highest BCUT2D eigenvalue weighted by Gasteiger charge is 2.18. The zero-order valence-electron chi connectivity index (χ0n) is 14.0. The van der Waals surface area contributed by atoms with Crippen LogP contribution in [0, 0.1) is 0 Å². The second kappa shape index (κ2) is 8.89. The molecule has 0 N–H and O–H groups in total. The van der Waals surface area contributed by atoms with Crippen LogP contribution < -0.4 is 0 Å². The smallest absolute Gasteiger partial charge is 0.224 e. The van der Waals surface area contributed by atoms with E-state index in [0.717, 1.165) is 25.2 Å². The normalized spacial score (nSPS) is 18.3. The Morgan fingerprint density at radius 2 is 1.77 bits per heavy atom. The minimum Gasteiger partial charge on any atom is -0.339 e. The predicted molar refractivity (Wildman–Crippen MR) is 89.6 cm³/mol. The molecule has 22 heavy (non-hydrogen) atoms. The molecule has 1 saturated heterocycles. The lowest BCUT2D eigenvalue weighted by molar-refractivity contribution is -0.132. The number of likely N-dealkylation sites (tertiary alicyclic amines) is 1. The molecule has 0 spiro atoms. The third-order valence-corrected chi connectivity index (χ3v) is 4.75. The van der Waals surface area contributed by atoms with Crippen molar-refractivity contribution in [2.75, 3.05) is 26.7 Å². The highest BCUT2D eigenvalue weighted by atomic mass is 16.2. The Bertz CT molecular complexity index is 441. The lowest BCUT2D eigenvalue weighted by atomic mass is 10.1. The number of aromatic nitrogens is 1. The third kappa shape index (κ3) is 5.09. The van der Waals surface area contributed by atoms with Gasteiger partial charge in [0.25, 0.3) is 0 Å². The first-order valence-electron chi connectivity index (χ1n) is 8.56. The Hall–Kier alpha value is -1.42. The molecule has 0 aliphatic carbocycles. The van der Waals surface area contributed by atoms with Crippen molar-refractivity contribution in [2.45, 2.75) is 51.5 Å². The number of amides is 1. The minimum absolute atomic E-state index is 0.0998. The van der Waals surface area contributed by atoms with E-state index in [-0.39, 0.29) is 11.9 Å². The van der Waals surface area contributed by atoms with Crippen LogP contribution in [0.25, 0.3) is 0 Å². The van der Waals surface area contributed by atoms with E-state index < -0.39 is 0 Å². The Balaban J connectivity index is 1.80. The van der Waals surface area contributed by atoms with Crippen molar-refractivity contribution in [3.63, 3.8) is 0 Å². The van der Waals surface area contributed by atoms with Gasteiger partial charge in [0.1, 0.15) is 0 Å². The molecular weight excluding hydrogens is 274 g/mol. The van der Waals surface area contributed by atoms with Gasteiger partial charge in [-0.25, -0.2) is 0 Å². The molecule has 0 aromatic carbocycles.